The molecule has 4 rings (SSSR count). The van der Waals surface area contributed by atoms with Crippen LogP contribution in [0.1, 0.15) is 34.0 Å². The van der Waals surface area contributed by atoms with Crippen LogP contribution in [0.2, 0.25) is 0 Å². The molecule has 1 unspecified atom stereocenters. The summed E-state index contributed by atoms with van der Waals surface area (Å²) in [5.41, 5.74) is 5.54. The molecule has 3 aromatic rings. The lowest BCUT2D eigenvalue weighted by molar-refractivity contribution is -0.274. The third-order valence-corrected chi connectivity index (χ3v) is 5.60. The number of aromatic nitrogens is 2. The van der Waals surface area contributed by atoms with Crippen LogP contribution in [-0.4, -0.2) is 27.1 Å². The Bertz CT molecular complexity index is 1100. The highest BCUT2D eigenvalue weighted by molar-refractivity contribution is 6.16. The van der Waals surface area contributed by atoms with Gasteiger partial charge in [-0.3, -0.25) is 4.90 Å². The van der Waals surface area contributed by atoms with Gasteiger partial charge in [-0.25, -0.2) is 4.98 Å². The third-order valence-electron chi connectivity index (χ3n) is 5.32. The number of carbonyl (C=O) groups is 1. The lowest BCUT2D eigenvalue weighted by Gasteiger charge is -2.21. The van der Waals surface area contributed by atoms with Crippen LogP contribution in [0.5, 0.6) is 5.75 Å². The fourth-order valence-electron chi connectivity index (χ4n) is 4.04. The molecule has 1 aliphatic rings. The number of rotatable bonds is 6. The smallest absolute Gasteiger partial charge is 0.406 e. The normalized spacial score (nSPS) is 16.4. The van der Waals surface area contributed by atoms with Gasteiger partial charge in [0.15, 0.2) is 0 Å². The molecule has 0 saturated carbocycles. The summed E-state index contributed by atoms with van der Waals surface area (Å²) in [4.78, 5) is 18.1. The second-order valence-corrected chi connectivity index (χ2v) is 7.67. The van der Waals surface area contributed by atoms with Crippen molar-refractivity contribution in [1.82, 2.24) is 14.5 Å². The van der Waals surface area contributed by atoms with Crippen molar-refractivity contribution in [1.29, 1.82) is 0 Å². The first-order chi connectivity index (χ1) is 14.8. The number of fused-ring (bicyclic) bond motifs is 1. The maximum Gasteiger partial charge on any atom is 0.573 e. The second-order valence-electron chi connectivity index (χ2n) is 7.40. The minimum absolute atomic E-state index is 0.274. The molecule has 0 saturated heterocycles. The summed E-state index contributed by atoms with van der Waals surface area (Å²) in [6, 6.07) is 9.29. The van der Waals surface area contributed by atoms with Crippen molar-refractivity contribution in [2.75, 3.05) is 0 Å². The van der Waals surface area contributed by atoms with E-state index in [9.17, 15) is 18.0 Å². The van der Waals surface area contributed by atoms with Gasteiger partial charge in [0, 0.05) is 25.0 Å². The number of hydrogen-bond donors (Lipinski definition) is 0. The molecule has 0 bridgehead atoms. The van der Waals surface area contributed by atoms with E-state index in [4.69, 9.17) is 11.6 Å². The number of carbonyl (C=O) groups excluding carboxylic acids is 1. The Morgan fingerprint density at radius 3 is 2.65 bits per heavy atom. The Balaban J connectivity index is 1.58. The predicted octanol–water partition coefficient (Wildman–Crippen LogP) is 5.07. The minimum Gasteiger partial charge on any atom is -0.406 e. The van der Waals surface area contributed by atoms with Crippen LogP contribution in [0.3, 0.4) is 0 Å². The van der Waals surface area contributed by atoms with Crippen LogP contribution in [0, 0.1) is 6.92 Å². The van der Waals surface area contributed by atoms with Gasteiger partial charge in [0.25, 0.3) is 0 Å². The summed E-state index contributed by atoms with van der Waals surface area (Å²) >= 11 is 6.00. The Labute approximate surface area is 182 Å². The molecular weight excluding hydrogens is 431 g/mol. The van der Waals surface area contributed by atoms with Gasteiger partial charge in [0.2, 0.25) is 0 Å². The molecule has 0 aliphatic carbocycles. The van der Waals surface area contributed by atoms with Crippen molar-refractivity contribution in [2.24, 2.45) is 0 Å². The molecule has 31 heavy (non-hydrogen) atoms. The van der Waals surface area contributed by atoms with Crippen LogP contribution >= 0.6 is 11.6 Å². The number of benzene rings is 2. The highest BCUT2D eigenvalue weighted by Crippen LogP contribution is 2.37. The Morgan fingerprint density at radius 1 is 1.26 bits per heavy atom. The average molecular weight is 450 g/mol. The van der Waals surface area contributed by atoms with E-state index in [-0.39, 0.29) is 5.75 Å². The van der Waals surface area contributed by atoms with E-state index in [0.29, 0.717) is 19.0 Å². The van der Waals surface area contributed by atoms with Gasteiger partial charge in [-0.2, -0.15) is 0 Å². The molecule has 0 spiro atoms. The topological polar surface area (TPSA) is 47.4 Å². The average Bonchev–Trinajstić information content (AvgIpc) is 3.32. The third kappa shape index (κ3) is 4.45. The highest BCUT2D eigenvalue weighted by atomic mass is 35.5. The van der Waals surface area contributed by atoms with Crippen LogP contribution in [0.4, 0.5) is 13.2 Å². The van der Waals surface area contributed by atoms with Crippen molar-refractivity contribution in [2.45, 2.75) is 38.3 Å². The standard InChI is InChI=1S/C22H19ClF3N3O2/c1-14-6-17(29-13-27-9-18(29)8-23)7-16-11-28(20(12-30)21(14)16)10-15-2-4-19(5-3-15)31-22(24,25)26/h2-7,9,12-13,20H,8,10-11H2,1H3. The first-order valence-electron chi connectivity index (χ1n) is 9.54. The van der Waals surface area contributed by atoms with E-state index in [1.807, 2.05) is 28.5 Å². The van der Waals surface area contributed by atoms with Crippen LogP contribution in [0.15, 0.2) is 48.9 Å². The molecule has 1 aromatic heterocycles. The Kier molecular flexibility index (Phi) is 5.77. The lowest BCUT2D eigenvalue weighted by Crippen LogP contribution is -2.23. The minimum atomic E-state index is -4.73. The number of nitrogens with zero attached hydrogens (tertiary/aromatic N) is 3. The number of alkyl halides is 4. The van der Waals surface area contributed by atoms with Crippen molar-refractivity contribution in [3.8, 4) is 11.4 Å². The van der Waals surface area contributed by atoms with Gasteiger partial charge in [0.05, 0.1) is 23.9 Å². The molecule has 5 nitrogen and oxygen atoms in total. The van der Waals surface area contributed by atoms with E-state index in [0.717, 1.165) is 39.9 Å². The quantitative estimate of drug-likeness (QED) is 0.389. The zero-order valence-corrected chi connectivity index (χ0v) is 17.3. The van der Waals surface area contributed by atoms with Crippen LogP contribution in [-0.2, 0) is 23.8 Å². The zero-order chi connectivity index (χ0) is 22.2. The largest absolute Gasteiger partial charge is 0.573 e. The molecule has 0 fully saturated rings. The summed E-state index contributed by atoms with van der Waals surface area (Å²) in [6.07, 6.45) is -0.412. The molecular formula is C22H19ClF3N3O2. The second kappa shape index (κ2) is 8.36. The van der Waals surface area contributed by atoms with Gasteiger partial charge < -0.3 is 14.1 Å². The van der Waals surface area contributed by atoms with E-state index in [1.165, 1.54) is 12.1 Å². The number of aryl methyl sites for hydroxylation is 1. The molecule has 2 heterocycles. The van der Waals surface area contributed by atoms with Crippen molar-refractivity contribution < 1.29 is 22.7 Å². The molecule has 2 aromatic carbocycles. The Hall–Kier alpha value is -2.84. The van der Waals surface area contributed by atoms with Crippen molar-refractivity contribution in [3.63, 3.8) is 0 Å². The Morgan fingerprint density at radius 2 is 2.00 bits per heavy atom. The highest BCUT2D eigenvalue weighted by Gasteiger charge is 2.33. The maximum atomic E-state index is 12.4. The zero-order valence-electron chi connectivity index (χ0n) is 16.6. The van der Waals surface area contributed by atoms with Gasteiger partial charge in [0.1, 0.15) is 12.0 Å². The van der Waals surface area contributed by atoms with E-state index in [2.05, 4.69) is 9.72 Å². The van der Waals surface area contributed by atoms with E-state index >= 15 is 0 Å². The molecule has 0 amide bonds. The monoisotopic (exact) mass is 449 g/mol. The SMILES string of the molecule is Cc1cc(-n2cncc2CCl)cc2c1C(C=O)N(Cc1ccc(OC(F)(F)F)cc1)C2. The molecule has 1 aliphatic heterocycles. The number of ether oxygens (including phenoxy) is 1. The van der Waals surface area contributed by atoms with Crippen LogP contribution < -0.4 is 4.74 Å². The number of aldehydes is 1. The fourth-order valence-corrected chi connectivity index (χ4v) is 4.23. The molecule has 162 valence electrons. The van der Waals surface area contributed by atoms with Crippen LogP contribution in [0.25, 0.3) is 5.69 Å². The van der Waals surface area contributed by atoms with Gasteiger partial charge in [-0.1, -0.05) is 12.1 Å². The molecule has 0 radical (unpaired) electrons. The lowest BCUT2D eigenvalue weighted by atomic mass is 9.98. The summed E-state index contributed by atoms with van der Waals surface area (Å²) in [6.45, 7) is 2.92. The van der Waals surface area contributed by atoms with Crippen molar-refractivity contribution in [3.05, 3.63) is 76.9 Å². The van der Waals surface area contributed by atoms with Gasteiger partial charge >= 0.3 is 6.36 Å². The summed E-state index contributed by atoms with van der Waals surface area (Å²) < 4.78 is 42.9. The van der Waals surface area contributed by atoms with Crippen molar-refractivity contribution >= 4 is 17.9 Å². The fraction of sp³-hybridized carbons (Fsp3) is 0.273. The maximum absolute atomic E-state index is 12.4. The predicted molar refractivity (Wildman–Crippen MR) is 109 cm³/mol. The van der Waals surface area contributed by atoms with E-state index < -0.39 is 12.4 Å². The summed E-state index contributed by atoms with van der Waals surface area (Å²) in [5, 5.41) is 0. The first kappa shape index (κ1) is 21.4. The molecule has 0 N–H and O–H groups in total. The molecule has 9 heteroatoms. The van der Waals surface area contributed by atoms with Gasteiger partial charge in [-0.05, 0) is 53.4 Å². The number of halogens is 4. The molecule has 1 atom stereocenters. The van der Waals surface area contributed by atoms with E-state index in [1.54, 1.807) is 24.7 Å². The number of hydrogen-bond acceptors (Lipinski definition) is 4. The summed E-state index contributed by atoms with van der Waals surface area (Å²) in [7, 11) is 0. The van der Waals surface area contributed by atoms with Gasteiger partial charge in [-0.15, -0.1) is 24.8 Å². The number of imidazole rings is 1. The summed E-state index contributed by atoms with van der Waals surface area (Å²) in [5.74, 6) is 0.0524. The first-order valence-corrected chi connectivity index (χ1v) is 10.1.